The van der Waals surface area contributed by atoms with Crippen LogP contribution >= 0.6 is 0 Å². The zero-order valence-corrected chi connectivity index (χ0v) is 23.9. The van der Waals surface area contributed by atoms with E-state index in [-0.39, 0.29) is 34.0 Å². The first-order chi connectivity index (χ1) is 21.3. The van der Waals surface area contributed by atoms with E-state index < -0.39 is 85.7 Å². The van der Waals surface area contributed by atoms with Gasteiger partial charge < -0.3 is 68.6 Å². The highest BCUT2D eigenvalue weighted by Crippen LogP contribution is 2.37. The third kappa shape index (κ3) is 6.40. The lowest BCUT2D eigenvalue weighted by Crippen LogP contribution is -2.62. The summed E-state index contributed by atoms with van der Waals surface area (Å²) in [4.78, 5) is 24.3. The Morgan fingerprint density at radius 1 is 1.04 bits per heavy atom. The maximum Gasteiger partial charge on any atom is 0.302 e. The molecule has 2 aliphatic rings. The normalized spacial score (nSPS) is 29.9. The van der Waals surface area contributed by atoms with Gasteiger partial charge in [0.05, 0.1) is 20.3 Å². The van der Waals surface area contributed by atoms with Crippen LogP contribution < -0.4 is 14.9 Å². The second kappa shape index (κ2) is 12.8. The third-order valence-electron chi connectivity index (χ3n) is 7.47. The van der Waals surface area contributed by atoms with Gasteiger partial charge in [0.25, 0.3) is 0 Å². The van der Waals surface area contributed by atoms with Gasteiger partial charge in [-0.3, -0.25) is 9.59 Å². The van der Waals surface area contributed by atoms with Crippen LogP contribution in [0.25, 0.3) is 22.3 Å². The summed E-state index contributed by atoms with van der Waals surface area (Å²) in [6, 6.07) is 7.72. The monoisotopic (exact) mass is 636 g/mol. The van der Waals surface area contributed by atoms with E-state index in [0.29, 0.717) is 5.56 Å². The first kappa shape index (κ1) is 32.4. The topological polar surface area (TPSA) is 244 Å². The fraction of sp³-hybridized carbons (Fsp3) is 0.448. The Balaban J connectivity index is 1.49. The highest BCUT2D eigenvalue weighted by molar-refractivity contribution is 5.86. The molecule has 7 N–H and O–H groups in total. The van der Waals surface area contributed by atoms with Crippen LogP contribution in [0, 0.1) is 0 Å². The summed E-state index contributed by atoms with van der Waals surface area (Å²) in [5.41, 5.74) is -2.52. The van der Waals surface area contributed by atoms with Gasteiger partial charge in [0.1, 0.15) is 64.9 Å². The summed E-state index contributed by atoms with van der Waals surface area (Å²) >= 11 is 0. The van der Waals surface area contributed by atoms with Crippen molar-refractivity contribution in [3.8, 4) is 34.3 Å². The number of methoxy groups -OCH3 is 1. The van der Waals surface area contributed by atoms with Gasteiger partial charge in [-0.15, -0.1) is 0 Å². The van der Waals surface area contributed by atoms with Gasteiger partial charge in [0.15, 0.2) is 29.3 Å². The number of rotatable bonds is 9. The Bertz CT molecular complexity index is 1610. The summed E-state index contributed by atoms with van der Waals surface area (Å²) in [6.07, 6.45) is -11.5. The lowest BCUT2D eigenvalue weighted by atomic mass is 9.98. The van der Waals surface area contributed by atoms with Gasteiger partial charge in [-0.1, -0.05) is 0 Å². The van der Waals surface area contributed by atoms with Crippen molar-refractivity contribution in [1.82, 2.24) is 0 Å². The molecule has 16 nitrogen and oxygen atoms in total. The molecule has 0 bridgehead atoms. The predicted octanol–water partition coefficient (Wildman–Crippen LogP) is -0.906. The number of aliphatic hydroxyl groups excluding tert-OH is 4. The van der Waals surface area contributed by atoms with Crippen LogP contribution in [-0.4, -0.2) is 117 Å². The summed E-state index contributed by atoms with van der Waals surface area (Å²) in [5, 5.41) is 72.6. The number of carbonyl (C=O) groups is 1. The second-order valence-electron chi connectivity index (χ2n) is 10.6. The van der Waals surface area contributed by atoms with E-state index in [1.165, 1.54) is 31.4 Å². The van der Waals surface area contributed by atoms with Gasteiger partial charge in [-0.25, -0.2) is 0 Å². The highest BCUT2D eigenvalue weighted by atomic mass is 16.8. The predicted molar refractivity (Wildman–Crippen MR) is 148 cm³/mol. The van der Waals surface area contributed by atoms with Crippen molar-refractivity contribution in [3.63, 3.8) is 0 Å². The Kier molecular flexibility index (Phi) is 9.20. The standard InChI is InChI=1S/C29H32O16/c1-12(31)40-9-21-23(35)24(36)25(45-28-26(37)29(38,10-30)11-41-28)27(44-21)42-14-6-16(33)22-17(34)8-19(43-20(22)7-14)13-3-4-18(39-2)15(32)5-13/h3-8,21,23-28,30,32-33,35-38H,9-11H2,1-2H3/t21-,23-,24+,25-,26+,27-,28+,29-/m1/s1. The molecule has 0 spiro atoms. The Labute approximate surface area is 254 Å². The van der Waals surface area contributed by atoms with Crippen molar-refractivity contribution in [3.05, 3.63) is 46.6 Å². The lowest BCUT2D eigenvalue weighted by Gasteiger charge is -2.42. The number of fused-ring (bicyclic) bond motifs is 1. The molecular formula is C29H32O16. The number of hydrogen-bond acceptors (Lipinski definition) is 16. The van der Waals surface area contributed by atoms with E-state index in [1.807, 2.05) is 0 Å². The Hall–Kier alpha value is -4.00. The van der Waals surface area contributed by atoms with Gasteiger partial charge in [-0.2, -0.15) is 0 Å². The SMILES string of the molecule is COc1ccc(-c2cc(=O)c3c(O)cc(O[C@@H]4O[C@H](COC(C)=O)[C@@H](O)[C@H](O)[C@H]4O[C@@H]4OC[C@](O)(CO)[C@H]4O)cc3o2)cc1O. The van der Waals surface area contributed by atoms with Crippen LogP contribution in [0.4, 0.5) is 0 Å². The molecule has 0 radical (unpaired) electrons. The van der Waals surface area contributed by atoms with Gasteiger partial charge >= 0.3 is 5.97 Å². The number of phenolic OH excluding ortho intramolecular Hbond substituents is 2. The van der Waals surface area contributed by atoms with Crippen LogP contribution in [0.3, 0.4) is 0 Å². The molecule has 3 heterocycles. The Morgan fingerprint density at radius 2 is 1.80 bits per heavy atom. The fourth-order valence-corrected chi connectivity index (χ4v) is 4.98. The number of hydrogen-bond donors (Lipinski definition) is 7. The van der Waals surface area contributed by atoms with E-state index in [2.05, 4.69) is 0 Å². The molecule has 2 saturated heterocycles. The molecular weight excluding hydrogens is 604 g/mol. The van der Waals surface area contributed by atoms with Crippen molar-refractivity contribution < 1.29 is 73.4 Å². The van der Waals surface area contributed by atoms with E-state index in [0.717, 1.165) is 19.1 Å². The number of aliphatic hydroxyl groups is 5. The molecule has 2 aromatic carbocycles. The molecule has 0 saturated carbocycles. The molecule has 3 aromatic rings. The second-order valence-corrected chi connectivity index (χ2v) is 10.6. The number of benzene rings is 2. The maximum absolute atomic E-state index is 12.9. The molecule has 16 heteroatoms. The van der Waals surface area contributed by atoms with Crippen molar-refractivity contribution in [2.45, 2.75) is 55.6 Å². The molecule has 2 aliphatic heterocycles. The minimum absolute atomic E-state index is 0.0286. The molecule has 5 rings (SSSR count). The molecule has 8 atom stereocenters. The van der Waals surface area contributed by atoms with Gasteiger partial charge in [0.2, 0.25) is 6.29 Å². The summed E-state index contributed by atoms with van der Waals surface area (Å²) in [6.45, 7) is -0.763. The molecule has 45 heavy (non-hydrogen) atoms. The van der Waals surface area contributed by atoms with Crippen LogP contribution in [0.5, 0.6) is 23.0 Å². The van der Waals surface area contributed by atoms with Crippen LogP contribution in [0.1, 0.15) is 6.92 Å². The highest BCUT2D eigenvalue weighted by Gasteiger charge is 2.53. The first-order valence-corrected chi connectivity index (χ1v) is 13.6. The molecule has 0 aliphatic carbocycles. The van der Waals surface area contributed by atoms with E-state index in [9.17, 15) is 45.3 Å². The van der Waals surface area contributed by atoms with E-state index in [4.69, 9.17) is 32.8 Å². The van der Waals surface area contributed by atoms with Crippen molar-refractivity contribution >= 4 is 16.9 Å². The number of esters is 1. The summed E-state index contributed by atoms with van der Waals surface area (Å²) in [7, 11) is 1.37. The number of phenols is 2. The lowest BCUT2D eigenvalue weighted by molar-refractivity contribution is -0.319. The summed E-state index contributed by atoms with van der Waals surface area (Å²) < 4.78 is 38.4. The largest absolute Gasteiger partial charge is 0.507 e. The number of carbonyl (C=O) groups excluding carboxylic acids is 1. The maximum atomic E-state index is 12.9. The molecule has 1 aromatic heterocycles. The van der Waals surface area contributed by atoms with Crippen LogP contribution in [-0.2, 0) is 23.7 Å². The molecule has 244 valence electrons. The van der Waals surface area contributed by atoms with Crippen LogP contribution in [0.15, 0.2) is 45.6 Å². The third-order valence-corrected chi connectivity index (χ3v) is 7.47. The molecule has 0 amide bonds. The van der Waals surface area contributed by atoms with Crippen molar-refractivity contribution in [2.75, 3.05) is 26.9 Å². The molecule has 0 unspecified atom stereocenters. The minimum atomic E-state index is -2.07. The fourth-order valence-electron chi connectivity index (χ4n) is 4.98. The van der Waals surface area contributed by atoms with Crippen molar-refractivity contribution in [1.29, 1.82) is 0 Å². The average Bonchev–Trinajstić information content (AvgIpc) is 3.28. The molecule has 2 fully saturated rings. The first-order valence-electron chi connectivity index (χ1n) is 13.6. The Morgan fingerprint density at radius 3 is 2.44 bits per heavy atom. The minimum Gasteiger partial charge on any atom is -0.507 e. The van der Waals surface area contributed by atoms with Crippen molar-refractivity contribution in [2.24, 2.45) is 0 Å². The number of ether oxygens (including phenoxy) is 6. The number of aromatic hydroxyl groups is 2. The zero-order chi connectivity index (χ0) is 32.6. The van der Waals surface area contributed by atoms with Crippen LogP contribution in [0.2, 0.25) is 0 Å². The quantitative estimate of drug-likeness (QED) is 0.141. The average molecular weight is 637 g/mol. The zero-order valence-electron chi connectivity index (χ0n) is 23.9. The van der Waals surface area contributed by atoms with E-state index >= 15 is 0 Å². The van der Waals surface area contributed by atoms with E-state index in [1.54, 1.807) is 0 Å². The van der Waals surface area contributed by atoms with Gasteiger partial charge in [0, 0.05) is 30.7 Å². The summed E-state index contributed by atoms with van der Waals surface area (Å²) in [5.74, 6) is -1.41. The smallest absolute Gasteiger partial charge is 0.302 e. The van der Waals surface area contributed by atoms with Gasteiger partial charge in [-0.05, 0) is 18.2 Å².